The van der Waals surface area contributed by atoms with Gasteiger partial charge < -0.3 is 9.47 Å². The van der Waals surface area contributed by atoms with E-state index in [2.05, 4.69) is 4.74 Å². The first-order valence-corrected chi connectivity index (χ1v) is 4.32. The van der Waals surface area contributed by atoms with Crippen molar-refractivity contribution in [2.24, 2.45) is 0 Å². The predicted molar refractivity (Wildman–Crippen MR) is 53.3 cm³/mol. The van der Waals surface area contributed by atoms with Crippen LogP contribution in [0.1, 0.15) is 5.56 Å². The maximum atomic E-state index is 13.0. The third kappa shape index (κ3) is 3.68. The summed E-state index contributed by atoms with van der Waals surface area (Å²) in [6.07, 6.45) is 3.43. The van der Waals surface area contributed by atoms with E-state index in [1.165, 1.54) is 6.07 Å². The Bertz CT molecular complexity index is 297. The van der Waals surface area contributed by atoms with Crippen LogP contribution < -0.4 is 0 Å². The first-order valence-electron chi connectivity index (χ1n) is 4.32. The minimum atomic E-state index is -0.226. The first kappa shape index (κ1) is 10.9. The molecule has 0 spiro atoms. The van der Waals surface area contributed by atoms with E-state index in [1.807, 2.05) is 0 Å². The molecule has 1 aromatic rings. The number of ether oxygens (including phenoxy) is 2. The van der Waals surface area contributed by atoms with Gasteiger partial charge in [-0.1, -0.05) is 30.4 Å². The molecule has 0 aliphatic rings. The average molecular weight is 196 g/mol. The number of hydrogen-bond donors (Lipinski definition) is 0. The van der Waals surface area contributed by atoms with Gasteiger partial charge in [-0.2, -0.15) is 0 Å². The fourth-order valence-corrected chi connectivity index (χ4v) is 0.985. The standard InChI is InChI=1S/C11H13FO2/c1-13-9-14-8-4-6-10-5-2-3-7-11(10)12/h2-7H,8-9H2,1H3/b6-4+. The maximum Gasteiger partial charge on any atom is 0.146 e. The van der Waals surface area contributed by atoms with E-state index in [-0.39, 0.29) is 12.6 Å². The Morgan fingerprint density at radius 2 is 2.14 bits per heavy atom. The van der Waals surface area contributed by atoms with Gasteiger partial charge in [0.05, 0.1) is 6.61 Å². The van der Waals surface area contributed by atoms with Crippen LogP contribution in [0.4, 0.5) is 4.39 Å². The molecule has 0 saturated carbocycles. The van der Waals surface area contributed by atoms with Gasteiger partial charge in [-0.25, -0.2) is 4.39 Å². The van der Waals surface area contributed by atoms with E-state index in [0.29, 0.717) is 12.2 Å². The van der Waals surface area contributed by atoms with E-state index in [0.717, 1.165) is 0 Å². The smallest absolute Gasteiger partial charge is 0.146 e. The SMILES string of the molecule is COCOC/C=C/c1ccccc1F. The number of benzene rings is 1. The van der Waals surface area contributed by atoms with Gasteiger partial charge in [-0.3, -0.25) is 0 Å². The molecule has 14 heavy (non-hydrogen) atoms. The van der Waals surface area contributed by atoms with Gasteiger partial charge in [0.1, 0.15) is 12.6 Å². The summed E-state index contributed by atoms with van der Waals surface area (Å²) >= 11 is 0. The van der Waals surface area contributed by atoms with Crippen molar-refractivity contribution in [2.45, 2.75) is 0 Å². The zero-order chi connectivity index (χ0) is 10.2. The van der Waals surface area contributed by atoms with Crippen LogP contribution in [0.15, 0.2) is 30.3 Å². The third-order valence-electron chi connectivity index (χ3n) is 1.62. The van der Waals surface area contributed by atoms with Crippen molar-refractivity contribution in [3.05, 3.63) is 41.7 Å². The summed E-state index contributed by atoms with van der Waals surface area (Å²) in [5.74, 6) is -0.226. The molecule has 0 unspecified atom stereocenters. The van der Waals surface area contributed by atoms with E-state index in [9.17, 15) is 4.39 Å². The van der Waals surface area contributed by atoms with Crippen LogP contribution in [0, 0.1) is 5.82 Å². The molecule has 2 nitrogen and oxygen atoms in total. The zero-order valence-corrected chi connectivity index (χ0v) is 8.07. The molecular weight excluding hydrogens is 183 g/mol. The van der Waals surface area contributed by atoms with Crippen molar-refractivity contribution < 1.29 is 13.9 Å². The Morgan fingerprint density at radius 3 is 2.86 bits per heavy atom. The molecule has 0 atom stereocenters. The minimum Gasteiger partial charge on any atom is -0.359 e. The average Bonchev–Trinajstić information content (AvgIpc) is 2.20. The Balaban J connectivity index is 2.40. The summed E-state index contributed by atoms with van der Waals surface area (Å²) in [6.45, 7) is 0.670. The molecule has 3 heteroatoms. The van der Waals surface area contributed by atoms with E-state index in [1.54, 1.807) is 37.5 Å². The number of rotatable bonds is 5. The lowest BCUT2D eigenvalue weighted by Crippen LogP contribution is -1.95. The van der Waals surface area contributed by atoms with Gasteiger partial charge in [0, 0.05) is 12.7 Å². The van der Waals surface area contributed by atoms with Crippen molar-refractivity contribution in [3.8, 4) is 0 Å². The van der Waals surface area contributed by atoms with Crippen molar-refractivity contribution in [1.29, 1.82) is 0 Å². The summed E-state index contributed by atoms with van der Waals surface area (Å²) in [6, 6.07) is 6.59. The highest BCUT2D eigenvalue weighted by atomic mass is 19.1. The summed E-state index contributed by atoms with van der Waals surface area (Å²) in [4.78, 5) is 0. The lowest BCUT2D eigenvalue weighted by atomic mass is 10.2. The Kier molecular flexibility index (Phi) is 4.89. The molecule has 1 aromatic carbocycles. The minimum absolute atomic E-state index is 0.226. The van der Waals surface area contributed by atoms with Gasteiger partial charge >= 0.3 is 0 Å². The van der Waals surface area contributed by atoms with Crippen LogP contribution in [-0.4, -0.2) is 20.5 Å². The molecule has 0 heterocycles. The number of methoxy groups -OCH3 is 1. The number of halogens is 1. The summed E-state index contributed by atoms with van der Waals surface area (Å²) in [5.41, 5.74) is 0.563. The van der Waals surface area contributed by atoms with E-state index in [4.69, 9.17) is 4.74 Å². The van der Waals surface area contributed by atoms with Crippen LogP contribution in [0.25, 0.3) is 6.08 Å². The predicted octanol–water partition coefficient (Wildman–Crippen LogP) is 2.46. The molecule has 0 bridgehead atoms. The van der Waals surface area contributed by atoms with Crippen molar-refractivity contribution in [1.82, 2.24) is 0 Å². The Labute approximate surface area is 83.0 Å². The van der Waals surface area contributed by atoms with Crippen LogP contribution in [0.2, 0.25) is 0 Å². The summed E-state index contributed by atoms with van der Waals surface area (Å²) in [5, 5.41) is 0. The molecule has 0 saturated heterocycles. The van der Waals surface area contributed by atoms with Gasteiger partial charge in [-0.05, 0) is 6.07 Å². The second-order valence-electron chi connectivity index (χ2n) is 2.70. The molecule has 0 aliphatic carbocycles. The fraction of sp³-hybridized carbons (Fsp3) is 0.273. The van der Waals surface area contributed by atoms with Crippen LogP contribution >= 0.6 is 0 Å². The molecular formula is C11H13FO2. The van der Waals surface area contributed by atoms with Crippen molar-refractivity contribution >= 4 is 6.08 Å². The normalized spacial score (nSPS) is 11.0. The van der Waals surface area contributed by atoms with E-state index < -0.39 is 0 Å². The number of hydrogen-bond acceptors (Lipinski definition) is 2. The lowest BCUT2D eigenvalue weighted by molar-refractivity contribution is -0.0184. The largest absolute Gasteiger partial charge is 0.359 e. The topological polar surface area (TPSA) is 18.5 Å². The highest BCUT2D eigenvalue weighted by Gasteiger charge is 1.93. The highest BCUT2D eigenvalue weighted by molar-refractivity contribution is 5.49. The van der Waals surface area contributed by atoms with Gasteiger partial charge in [-0.15, -0.1) is 0 Å². The first-order chi connectivity index (χ1) is 6.84. The summed E-state index contributed by atoms with van der Waals surface area (Å²) < 4.78 is 22.7. The zero-order valence-electron chi connectivity index (χ0n) is 8.07. The molecule has 0 aromatic heterocycles. The summed E-state index contributed by atoms with van der Waals surface area (Å²) in [7, 11) is 1.56. The lowest BCUT2D eigenvalue weighted by Gasteiger charge is -1.97. The van der Waals surface area contributed by atoms with Crippen molar-refractivity contribution in [3.63, 3.8) is 0 Å². The molecule has 0 amide bonds. The highest BCUT2D eigenvalue weighted by Crippen LogP contribution is 2.07. The quantitative estimate of drug-likeness (QED) is 0.532. The molecule has 0 aliphatic heterocycles. The van der Waals surface area contributed by atoms with Crippen LogP contribution in [-0.2, 0) is 9.47 Å². The van der Waals surface area contributed by atoms with E-state index >= 15 is 0 Å². The van der Waals surface area contributed by atoms with Crippen molar-refractivity contribution in [2.75, 3.05) is 20.5 Å². The Hall–Kier alpha value is -1.19. The molecule has 76 valence electrons. The maximum absolute atomic E-state index is 13.0. The second-order valence-corrected chi connectivity index (χ2v) is 2.70. The monoisotopic (exact) mass is 196 g/mol. The fourth-order valence-electron chi connectivity index (χ4n) is 0.985. The molecule has 0 fully saturated rings. The van der Waals surface area contributed by atoms with Gasteiger partial charge in [0.25, 0.3) is 0 Å². The third-order valence-corrected chi connectivity index (χ3v) is 1.62. The van der Waals surface area contributed by atoms with Gasteiger partial charge in [0.15, 0.2) is 0 Å². The molecule has 0 N–H and O–H groups in total. The van der Waals surface area contributed by atoms with Crippen LogP contribution in [0.5, 0.6) is 0 Å². The molecule has 0 radical (unpaired) electrons. The Morgan fingerprint density at radius 1 is 1.36 bits per heavy atom. The molecule has 1 rings (SSSR count). The van der Waals surface area contributed by atoms with Gasteiger partial charge in [0.2, 0.25) is 0 Å². The second kappa shape index (κ2) is 6.29. The van der Waals surface area contributed by atoms with Crippen LogP contribution in [0.3, 0.4) is 0 Å².